The molecule has 2 rings (SSSR count). The van der Waals surface area contributed by atoms with Crippen LogP contribution in [0.3, 0.4) is 0 Å². The number of benzene rings is 1. The number of halogens is 1. The summed E-state index contributed by atoms with van der Waals surface area (Å²) < 4.78 is 1.25. The quantitative estimate of drug-likeness (QED) is 0.817. The average molecular weight is 325 g/mol. The van der Waals surface area contributed by atoms with Crippen molar-refractivity contribution >= 4 is 15.9 Å². The Morgan fingerprint density at radius 3 is 2.63 bits per heavy atom. The number of nitrogens with one attached hydrogen (secondary N) is 1. The van der Waals surface area contributed by atoms with Crippen molar-refractivity contribution in [2.45, 2.75) is 58.8 Å². The second-order valence-corrected chi connectivity index (χ2v) is 6.61. The summed E-state index contributed by atoms with van der Waals surface area (Å²) in [7, 11) is 0. The summed E-state index contributed by atoms with van der Waals surface area (Å²) in [5.74, 6) is 0. The van der Waals surface area contributed by atoms with Gasteiger partial charge in [-0.2, -0.15) is 0 Å². The fourth-order valence-corrected chi connectivity index (χ4v) is 2.86. The highest BCUT2D eigenvalue weighted by atomic mass is 79.9. The Kier molecular flexibility index (Phi) is 5.43. The van der Waals surface area contributed by atoms with E-state index in [-0.39, 0.29) is 0 Å². The maximum Gasteiger partial charge on any atom is 0.0247 e. The van der Waals surface area contributed by atoms with Crippen LogP contribution in [-0.2, 0) is 13.1 Å². The first kappa shape index (κ1) is 15.0. The summed E-state index contributed by atoms with van der Waals surface area (Å²) in [5, 5.41) is 3.46. The highest BCUT2D eigenvalue weighted by Gasteiger charge is 2.27. The lowest BCUT2D eigenvalue weighted by atomic mass is 10.1. The Morgan fingerprint density at radius 2 is 2.11 bits per heavy atom. The van der Waals surface area contributed by atoms with Crippen molar-refractivity contribution in [1.29, 1.82) is 0 Å². The Labute approximate surface area is 125 Å². The van der Waals surface area contributed by atoms with E-state index >= 15 is 0 Å². The van der Waals surface area contributed by atoms with Gasteiger partial charge in [0, 0.05) is 29.6 Å². The molecule has 19 heavy (non-hydrogen) atoms. The molecule has 0 bridgehead atoms. The number of nitrogens with zero attached hydrogens (tertiary/aromatic N) is 1. The molecule has 3 heteroatoms. The zero-order chi connectivity index (χ0) is 13.8. The molecule has 1 saturated carbocycles. The minimum atomic E-state index is 0.531. The zero-order valence-electron chi connectivity index (χ0n) is 12.2. The Morgan fingerprint density at radius 1 is 1.37 bits per heavy atom. The predicted octanol–water partition coefficient (Wildman–Crippen LogP) is 3.93. The van der Waals surface area contributed by atoms with Crippen LogP contribution < -0.4 is 5.32 Å². The van der Waals surface area contributed by atoms with Crippen LogP contribution in [0.25, 0.3) is 0 Å². The Hall–Kier alpha value is -0.380. The van der Waals surface area contributed by atoms with Crippen LogP contribution in [0.15, 0.2) is 22.7 Å². The maximum absolute atomic E-state index is 3.73. The lowest BCUT2D eigenvalue weighted by Crippen LogP contribution is -2.25. The van der Waals surface area contributed by atoms with Crippen molar-refractivity contribution in [3.63, 3.8) is 0 Å². The molecular formula is C16H25BrN2. The van der Waals surface area contributed by atoms with Crippen LogP contribution in [0.1, 0.15) is 44.7 Å². The normalized spacial score (nSPS) is 15.5. The predicted molar refractivity (Wildman–Crippen MR) is 85.2 cm³/mol. The minimum Gasteiger partial charge on any atom is -0.310 e. The number of hydrogen-bond acceptors (Lipinski definition) is 2. The van der Waals surface area contributed by atoms with E-state index in [1.807, 2.05) is 0 Å². The van der Waals surface area contributed by atoms with Crippen molar-refractivity contribution in [3.05, 3.63) is 33.8 Å². The molecule has 1 fully saturated rings. The highest BCUT2D eigenvalue weighted by molar-refractivity contribution is 9.10. The molecule has 1 aliphatic rings. The monoisotopic (exact) mass is 324 g/mol. The standard InChI is InChI=1S/C16H25BrN2/c1-4-19(15-7-8-15)11-14-6-5-13(9-16(14)17)10-18-12(2)3/h5-6,9,12,15,18H,4,7-8,10-11H2,1-3H3. The maximum atomic E-state index is 3.73. The van der Waals surface area contributed by atoms with Gasteiger partial charge >= 0.3 is 0 Å². The van der Waals surface area contributed by atoms with Crippen LogP contribution in [0, 0.1) is 0 Å². The molecule has 2 nitrogen and oxygen atoms in total. The molecule has 1 aromatic carbocycles. The summed E-state index contributed by atoms with van der Waals surface area (Å²) >= 11 is 3.73. The van der Waals surface area contributed by atoms with Crippen molar-refractivity contribution in [2.75, 3.05) is 6.54 Å². The number of rotatable bonds is 7. The average Bonchev–Trinajstić information content (AvgIpc) is 3.19. The summed E-state index contributed by atoms with van der Waals surface area (Å²) in [4.78, 5) is 2.58. The first-order chi connectivity index (χ1) is 9.10. The van der Waals surface area contributed by atoms with Gasteiger partial charge < -0.3 is 5.32 Å². The van der Waals surface area contributed by atoms with Gasteiger partial charge in [-0.3, -0.25) is 4.90 Å². The topological polar surface area (TPSA) is 15.3 Å². The van der Waals surface area contributed by atoms with E-state index in [4.69, 9.17) is 0 Å². The summed E-state index contributed by atoms with van der Waals surface area (Å²) in [6, 6.07) is 8.14. The molecule has 1 aromatic rings. The van der Waals surface area contributed by atoms with Gasteiger partial charge in [0.1, 0.15) is 0 Å². The van der Waals surface area contributed by atoms with E-state index in [0.717, 1.165) is 25.7 Å². The van der Waals surface area contributed by atoms with E-state index in [1.165, 1.54) is 28.4 Å². The third kappa shape index (κ3) is 4.59. The minimum absolute atomic E-state index is 0.531. The van der Waals surface area contributed by atoms with Crippen LogP contribution in [0.4, 0.5) is 0 Å². The molecule has 0 saturated heterocycles. The number of hydrogen-bond donors (Lipinski definition) is 1. The summed E-state index contributed by atoms with van der Waals surface area (Å²) in [5.41, 5.74) is 2.75. The Balaban J connectivity index is 1.97. The van der Waals surface area contributed by atoms with Gasteiger partial charge in [-0.1, -0.05) is 48.8 Å². The first-order valence-corrected chi connectivity index (χ1v) is 8.14. The molecule has 1 N–H and O–H groups in total. The van der Waals surface area contributed by atoms with E-state index in [0.29, 0.717) is 6.04 Å². The smallest absolute Gasteiger partial charge is 0.0247 e. The van der Waals surface area contributed by atoms with Crippen molar-refractivity contribution in [1.82, 2.24) is 10.2 Å². The van der Waals surface area contributed by atoms with Gasteiger partial charge in [0.2, 0.25) is 0 Å². The van der Waals surface area contributed by atoms with Crippen molar-refractivity contribution in [2.24, 2.45) is 0 Å². The third-order valence-corrected chi connectivity index (χ3v) is 4.41. The van der Waals surface area contributed by atoms with Gasteiger partial charge in [0.25, 0.3) is 0 Å². The van der Waals surface area contributed by atoms with E-state index in [2.05, 4.69) is 65.1 Å². The molecule has 0 unspecified atom stereocenters. The van der Waals surface area contributed by atoms with Gasteiger partial charge in [0.05, 0.1) is 0 Å². The summed E-state index contributed by atoms with van der Waals surface area (Å²) in [6.45, 7) is 9.77. The van der Waals surface area contributed by atoms with Gasteiger partial charge in [-0.05, 0) is 36.6 Å². The molecule has 1 aliphatic carbocycles. The molecule has 0 amide bonds. The van der Waals surface area contributed by atoms with Crippen molar-refractivity contribution in [3.8, 4) is 0 Å². The zero-order valence-corrected chi connectivity index (χ0v) is 13.8. The molecule has 0 aromatic heterocycles. The molecular weight excluding hydrogens is 300 g/mol. The molecule has 0 atom stereocenters. The fraction of sp³-hybridized carbons (Fsp3) is 0.625. The van der Waals surface area contributed by atoms with Crippen molar-refractivity contribution < 1.29 is 0 Å². The van der Waals surface area contributed by atoms with E-state index < -0.39 is 0 Å². The van der Waals surface area contributed by atoms with E-state index in [9.17, 15) is 0 Å². The molecule has 106 valence electrons. The van der Waals surface area contributed by atoms with Crippen LogP contribution >= 0.6 is 15.9 Å². The Bertz CT molecular complexity index is 413. The molecule has 0 aliphatic heterocycles. The third-order valence-electron chi connectivity index (χ3n) is 3.67. The highest BCUT2D eigenvalue weighted by Crippen LogP contribution is 2.29. The largest absolute Gasteiger partial charge is 0.310 e. The first-order valence-electron chi connectivity index (χ1n) is 7.35. The summed E-state index contributed by atoms with van der Waals surface area (Å²) in [6.07, 6.45) is 2.75. The van der Waals surface area contributed by atoms with Gasteiger partial charge in [-0.15, -0.1) is 0 Å². The lowest BCUT2D eigenvalue weighted by Gasteiger charge is -2.21. The van der Waals surface area contributed by atoms with Gasteiger partial charge in [-0.25, -0.2) is 0 Å². The van der Waals surface area contributed by atoms with E-state index in [1.54, 1.807) is 0 Å². The van der Waals surface area contributed by atoms with Crippen LogP contribution in [0.2, 0.25) is 0 Å². The fourth-order valence-electron chi connectivity index (χ4n) is 2.31. The van der Waals surface area contributed by atoms with Crippen LogP contribution in [0.5, 0.6) is 0 Å². The molecule has 0 spiro atoms. The van der Waals surface area contributed by atoms with Gasteiger partial charge in [0.15, 0.2) is 0 Å². The second-order valence-electron chi connectivity index (χ2n) is 5.76. The lowest BCUT2D eigenvalue weighted by molar-refractivity contribution is 0.269. The molecule has 0 heterocycles. The molecule has 0 radical (unpaired) electrons. The SMILES string of the molecule is CCN(Cc1ccc(CNC(C)C)cc1Br)C1CC1. The second kappa shape index (κ2) is 6.87. The van der Waals surface area contributed by atoms with Crippen LogP contribution in [-0.4, -0.2) is 23.5 Å².